The van der Waals surface area contributed by atoms with Gasteiger partial charge in [0.25, 0.3) is 5.91 Å². The van der Waals surface area contributed by atoms with Crippen LogP contribution in [0.5, 0.6) is 0 Å². The summed E-state index contributed by atoms with van der Waals surface area (Å²) in [4.78, 5) is 23.8. The third-order valence-corrected chi connectivity index (χ3v) is 6.39. The van der Waals surface area contributed by atoms with Crippen molar-refractivity contribution in [2.45, 2.75) is 36.6 Å². The zero-order valence-corrected chi connectivity index (χ0v) is 17.9. The number of carbonyl (C=O) groups is 1. The van der Waals surface area contributed by atoms with Gasteiger partial charge in [-0.25, -0.2) is 9.97 Å². The number of hydrogen-bond acceptors (Lipinski definition) is 7. The molecule has 1 amide bonds. The van der Waals surface area contributed by atoms with Crippen molar-refractivity contribution < 1.29 is 14.4 Å². The second-order valence-electron chi connectivity index (χ2n) is 7.57. The summed E-state index contributed by atoms with van der Waals surface area (Å²) in [5.74, 6) is 1.87. The quantitative estimate of drug-likeness (QED) is 0.604. The molecule has 0 radical (unpaired) electrons. The summed E-state index contributed by atoms with van der Waals surface area (Å²) in [5.41, 5.74) is 1.40. The lowest BCUT2D eigenvalue weighted by Gasteiger charge is -2.35. The molecule has 0 spiro atoms. The number of likely N-dealkylation sites (tertiary alicyclic amines) is 1. The maximum Gasteiger partial charge on any atom is 0.256 e. The summed E-state index contributed by atoms with van der Waals surface area (Å²) in [6.07, 6.45) is 6.20. The number of pyridine rings is 1. The monoisotopic (exact) mass is 427 g/mol. The molecule has 0 aromatic carbocycles. The van der Waals surface area contributed by atoms with Gasteiger partial charge in [-0.05, 0) is 31.9 Å². The van der Waals surface area contributed by atoms with Gasteiger partial charge in [0.15, 0.2) is 0 Å². The minimum absolute atomic E-state index is 0.0466. The standard InChI is InChI=1S/C21H25N5O3S/c1-14-11-16(24-29-14)13-30-20-17(6-3-7-23-20)21(28)26-9-4-5-15(12-26)18(27)19-22-8-10-25(19)2/h3,6-8,10-11,15,18,27H,4-5,9,12-13H2,1-2H3. The molecule has 1 aliphatic heterocycles. The van der Waals surface area contributed by atoms with Gasteiger partial charge in [0.2, 0.25) is 0 Å². The van der Waals surface area contributed by atoms with E-state index >= 15 is 0 Å². The average Bonchev–Trinajstić information content (AvgIpc) is 3.39. The molecule has 0 bridgehead atoms. The number of thioether (sulfide) groups is 1. The van der Waals surface area contributed by atoms with E-state index in [0.29, 0.717) is 35.3 Å². The van der Waals surface area contributed by atoms with Crippen LogP contribution in [0.4, 0.5) is 0 Å². The molecule has 3 aromatic rings. The smallest absolute Gasteiger partial charge is 0.256 e. The number of aliphatic hydroxyl groups is 1. The Labute approximate surface area is 179 Å². The number of amides is 1. The minimum atomic E-state index is -0.696. The van der Waals surface area contributed by atoms with E-state index in [9.17, 15) is 9.90 Å². The first-order valence-electron chi connectivity index (χ1n) is 9.97. The van der Waals surface area contributed by atoms with Crippen LogP contribution in [0.25, 0.3) is 0 Å². The van der Waals surface area contributed by atoms with E-state index in [4.69, 9.17) is 4.52 Å². The van der Waals surface area contributed by atoms with Crippen molar-refractivity contribution >= 4 is 17.7 Å². The van der Waals surface area contributed by atoms with Gasteiger partial charge >= 0.3 is 0 Å². The number of piperidine rings is 1. The molecule has 3 aromatic heterocycles. The van der Waals surface area contributed by atoms with Crippen LogP contribution in [0.2, 0.25) is 0 Å². The predicted octanol–water partition coefficient (Wildman–Crippen LogP) is 2.99. The van der Waals surface area contributed by atoms with E-state index < -0.39 is 6.10 Å². The largest absolute Gasteiger partial charge is 0.385 e. The lowest BCUT2D eigenvalue weighted by Crippen LogP contribution is -2.42. The van der Waals surface area contributed by atoms with Crippen LogP contribution in [0.3, 0.4) is 0 Å². The molecular weight excluding hydrogens is 402 g/mol. The highest BCUT2D eigenvalue weighted by molar-refractivity contribution is 7.98. The zero-order valence-electron chi connectivity index (χ0n) is 17.1. The third-order valence-electron chi connectivity index (χ3n) is 5.35. The zero-order chi connectivity index (χ0) is 21.1. The first kappa shape index (κ1) is 20.6. The van der Waals surface area contributed by atoms with Crippen molar-refractivity contribution in [2.75, 3.05) is 13.1 Å². The summed E-state index contributed by atoms with van der Waals surface area (Å²) in [5, 5.41) is 15.5. The topological polar surface area (TPSA) is 97.3 Å². The van der Waals surface area contributed by atoms with Crippen molar-refractivity contribution in [1.29, 1.82) is 0 Å². The fourth-order valence-electron chi connectivity index (χ4n) is 3.79. The maximum absolute atomic E-state index is 13.3. The van der Waals surface area contributed by atoms with E-state index in [2.05, 4.69) is 15.1 Å². The summed E-state index contributed by atoms with van der Waals surface area (Å²) in [6.45, 7) is 3.02. The van der Waals surface area contributed by atoms with Gasteiger partial charge in [-0.3, -0.25) is 4.79 Å². The molecule has 158 valence electrons. The normalized spacial score (nSPS) is 17.8. The van der Waals surface area contributed by atoms with E-state index in [0.717, 1.165) is 24.3 Å². The summed E-state index contributed by atoms with van der Waals surface area (Å²) in [7, 11) is 1.87. The third kappa shape index (κ3) is 4.41. The molecule has 8 nitrogen and oxygen atoms in total. The van der Waals surface area contributed by atoms with Crippen molar-refractivity contribution in [1.82, 2.24) is 24.6 Å². The van der Waals surface area contributed by atoms with E-state index in [1.165, 1.54) is 11.8 Å². The first-order chi connectivity index (χ1) is 14.5. The highest BCUT2D eigenvalue weighted by Gasteiger charge is 2.32. The molecular formula is C21H25N5O3S. The fraction of sp³-hybridized carbons (Fsp3) is 0.429. The highest BCUT2D eigenvalue weighted by Crippen LogP contribution is 2.31. The molecule has 1 aliphatic rings. The number of nitrogens with zero attached hydrogens (tertiary/aromatic N) is 5. The van der Waals surface area contributed by atoms with Gasteiger partial charge in [0.05, 0.1) is 11.3 Å². The number of rotatable bonds is 6. The van der Waals surface area contributed by atoms with Crippen LogP contribution in [-0.4, -0.2) is 48.7 Å². The van der Waals surface area contributed by atoms with E-state index in [1.807, 2.05) is 41.8 Å². The van der Waals surface area contributed by atoms with Crippen LogP contribution in [-0.2, 0) is 12.8 Å². The average molecular weight is 428 g/mol. The number of carbonyl (C=O) groups excluding carboxylic acids is 1. The maximum atomic E-state index is 13.3. The molecule has 30 heavy (non-hydrogen) atoms. The van der Waals surface area contributed by atoms with E-state index in [1.54, 1.807) is 18.5 Å². The molecule has 4 heterocycles. The molecule has 1 N–H and O–H groups in total. The Bertz CT molecular complexity index is 1020. The van der Waals surface area contributed by atoms with Crippen molar-refractivity contribution in [2.24, 2.45) is 13.0 Å². The number of aromatic nitrogens is 4. The van der Waals surface area contributed by atoms with E-state index in [-0.39, 0.29) is 11.8 Å². The van der Waals surface area contributed by atoms with Gasteiger partial charge < -0.3 is 19.1 Å². The number of aryl methyl sites for hydroxylation is 2. The number of hydrogen-bond donors (Lipinski definition) is 1. The first-order valence-corrected chi connectivity index (χ1v) is 11.0. The molecule has 1 fully saturated rings. The molecule has 9 heteroatoms. The fourth-order valence-corrected chi connectivity index (χ4v) is 4.66. The Hall–Kier alpha value is -2.65. The summed E-state index contributed by atoms with van der Waals surface area (Å²) < 4.78 is 6.94. The molecule has 0 aliphatic carbocycles. The Morgan fingerprint density at radius 1 is 1.40 bits per heavy atom. The van der Waals surface area contributed by atoms with Crippen LogP contribution in [0.1, 0.15) is 46.6 Å². The van der Waals surface area contributed by atoms with Crippen LogP contribution in [0.15, 0.2) is 46.3 Å². The molecule has 0 saturated carbocycles. The predicted molar refractivity (Wildman–Crippen MR) is 112 cm³/mol. The van der Waals surface area contributed by atoms with Gasteiger partial charge in [0.1, 0.15) is 22.7 Å². The van der Waals surface area contributed by atoms with Crippen molar-refractivity contribution in [3.05, 3.63) is 59.6 Å². The Morgan fingerprint density at radius 2 is 2.27 bits per heavy atom. The van der Waals surface area contributed by atoms with Crippen molar-refractivity contribution in [3.8, 4) is 0 Å². The molecule has 2 unspecified atom stereocenters. The van der Waals surface area contributed by atoms with Gasteiger partial charge in [-0.1, -0.05) is 16.9 Å². The SMILES string of the molecule is Cc1cc(CSc2ncccc2C(=O)N2CCCC(C(O)c3nccn3C)C2)no1. The summed E-state index contributed by atoms with van der Waals surface area (Å²) in [6, 6.07) is 5.47. The Morgan fingerprint density at radius 3 is 3.00 bits per heavy atom. The molecule has 1 saturated heterocycles. The van der Waals surface area contributed by atoms with Crippen LogP contribution >= 0.6 is 11.8 Å². The lowest BCUT2D eigenvalue weighted by atomic mass is 9.91. The number of aliphatic hydroxyl groups excluding tert-OH is 1. The molecule has 4 rings (SSSR count). The van der Waals surface area contributed by atoms with Crippen molar-refractivity contribution in [3.63, 3.8) is 0 Å². The highest BCUT2D eigenvalue weighted by atomic mass is 32.2. The minimum Gasteiger partial charge on any atom is -0.385 e. The van der Waals surface area contributed by atoms with Crippen LogP contribution in [0, 0.1) is 12.8 Å². The second-order valence-corrected chi connectivity index (χ2v) is 8.53. The van der Waals surface area contributed by atoms with Crippen LogP contribution < -0.4 is 0 Å². The second kappa shape index (κ2) is 9.01. The van der Waals surface area contributed by atoms with Gasteiger partial charge in [-0.15, -0.1) is 0 Å². The van der Waals surface area contributed by atoms with Gasteiger partial charge in [0, 0.05) is 56.5 Å². The van der Waals surface area contributed by atoms with Gasteiger partial charge in [-0.2, -0.15) is 0 Å². The Kier molecular flexibility index (Phi) is 6.19. The number of imidazole rings is 1. The Balaban J connectivity index is 1.46. The lowest BCUT2D eigenvalue weighted by molar-refractivity contribution is 0.0356. The summed E-state index contributed by atoms with van der Waals surface area (Å²) >= 11 is 1.47. The molecule has 2 atom stereocenters.